The molecule has 1 N–H and O–H groups in total. The molecule has 6 nitrogen and oxygen atoms in total. The summed E-state index contributed by atoms with van der Waals surface area (Å²) in [6.07, 6.45) is 1.72. The lowest BCUT2D eigenvalue weighted by atomic mass is 10.1. The third-order valence-corrected chi connectivity index (χ3v) is 5.59. The summed E-state index contributed by atoms with van der Waals surface area (Å²) in [5.74, 6) is -0.988. The number of esters is 1. The first-order chi connectivity index (χ1) is 14.6. The van der Waals surface area contributed by atoms with Crippen molar-refractivity contribution in [3.05, 3.63) is 70.6 Å². The Morgan fingerprint density at radius 3 is 2.37 bits per heavy atom. The molecule has 0 spiro atoms. The molecule has 0 saturated carbocycles. The van der Waals surface area contributed by atoms with Crippen molar-refractivity contribution >= 4 is 40.8 Å². The third-order valence-electron chi connectivity index (χ3n) is 4.53. The standard InChI is InChI=1S/C23H23NO5S/c1-2-3-14-29-23(28)17-9-11-18(12-10-17)24-21(26)19(16-7-5-4-6-8-16)20(22(24)27)30-15-13-25/h4-12,25H,2-3,13-15H2,1H3. The quantitative estimate of drug-likeness (QED) is 0.375. The molecule has 0 fully saturated rings. The van der Waals surface area contributed by atoms with Crippen LogP contribution in [0.3, 0.4) is 0 Å². The van der Waals surface area contributed by atoms with E-state index < -0.39 is 17.8 Å². The van der Waals surface area contributed by atoms with Crippen LogP contribution < -0.4 is 4.90 Å². The molecule has 1 aliphatic rings. The lowest BCUT2D eigenvalue weighted by molar-refractivity contribution is -0.119. The number of amides is 2. The van der Waals surface area contributed by atoms with Gasteiger partial charge in [0.1, 0.15) is 0 Å². The summed E-state index contributed by atoms with van der Waals surface area (Å²) in [6, 6.07) is 15.2. The average Bonchev–Trinajstić information content (AvgIpc) is 3.02. The molecular formula is C23H23NO5S. The predicted molar refractivity (Wildman–Crippen MR) is 117 cm³/mol. The summed E-state index contributed by atoms with van der Waals surface area (Å²) in [4.78, 5) is 39.7. The molecule has 2 amide bonds. The Labute approximate surface area is 179 Å². The Kier molecular flexibility index (Phi) is 7.43. The smallest absolute Gasteiger partial charge is 0.338 e. The molecule has 0 aromatic heterocycles. The monoisotopic (exact) mass is 425 g/mol. The van der Waals surface area contributed by atoms with Crippen molar-refractivity contribution in [1.82, 2.24) is 0 Å². The molecule has 7 heteroatoms. The molecule has 0 radical (unpaired) electrons. The molecular weight excluding hydrogens is 402 g/mol. The number of rotatable bonds is 9. The molecule has 0 atom stereocenters. The van der Waals surface area contributed by atoms with Gasteiger partial charge in [-0.15, -0.1) is 11.8 Å². The second-order valence-corrected chi connectivity index (χ2v) is 7.73. The Balaban J connectivity index is 1.86. The van der Waals surface area contributed by atoms with Crippen molar-refractivity contribution in [2.75, 3.05) is 23.9 Å². The normalized spacial score (nSPS) is 13.9. The lowest BCUT2D eigenvalue weighted by Crippen LogP contribution is -2.31. The first kappa shape index (κ1) is 21.8. The minimum atomic E-state index is -0.435. The van der Waals surface area contributed by atoms with Crippen molar-refractivity contribution in [3.63, 3.8) is 0 Å². The van der Waals surface area contributed by atoms with Crippen LogP contribution in [-0.4, -0.2) is 41.9 Å². The maximum Gasteiger partial charge on any atom is 0.338 e. The van der Waals surface area contributed by atoms with Crippen LogP contribution in [0.15, 0.2) is 59.5 Å². The van der Waals surface area contributed by atoms with E-state index in [0.717, 1.165) is 29.5 Å². The number of carbonyl (C=O) groups is 3. The highest BCUT2D eigenvalue weighted by atomic mass is 32.2. The first-order valence-corrected chi connectivity index (χ1v) is 10.8. The number of hydrogen-bond acceptors (Lipinski definition) is 6. The fourth-order valence-electron chi connectivity index (χ4n) is 3.02. The number of aliphatic hydroxyl groups excluding tert-OH is 1. The van der Waals surface area contributed by atoms with Crippen LogP contribution in [0.4, 0.5) is 5.69 Å². The predicted octanol–water partition coefficient (Wildman–Crippen LogP) is 3.65. The Morgan fingerprint density at radius 2 is 1.73 bits per heavy atom. The van der Waals surface area contributed by atoms with Crippen molar-refractivity contribution in [2.24, 2.45) is 0 Å². The minimum absolute atomic E-state index is 0.105. The zero-order valence-corrected chi connectivity index (χ0v) is 17.5. The number of aliphatic hydroxyl groups is 1. The number of thioether (sulfide) groups is 1. The van der Waals surface area contributed by atoms with Gasteiger partial charge in [0.25, 0.3) is 11.8 Å². The second-order valence-electron chi connectivity index (χ2n) is 6.62. The molecule has 0 bridgehead atoms. The number of hydrogen-bond donors (Lipinski definition) is 1. The van der Waals surface area contributed by atoms with Gasteiger partial charge < -0.3 is 9.84 Å². The van der Waals surface area contributed by atoms with E-state index in [1.54, 1.807) is 48.5 Å². The summed E-state index contributed by atoms with van der Waals surface area (Å²) in [5.41, 5.74) is 1.71. The van der Waals surface area contributed by atoms with Gasteiger partial charge in [0.15, 0.2) is 0 Å². The van der Waals surface area contributed by atoms with E-state index in [0.29, 0.717) is 39.7 Å². The molecule has 1 heterocycles. The first-order valence-electron chi connectivity index (χ1n) is 9.77. The van der Waals surface area contributed by atoms with Crippen LogP contribution in [0.25, 0.3) is 5.57 Å². The van der Waals surface area contributed by atoms with E-state index in [2.05, 4.69) is 0 Å². The number of nitrogens with zero attached hydrogens (tertiary/aromatic N) is 1. The highest BCUT2D eigenvalue weighted by Crippen LogP contribution is 2.38. The highest BCUT2D eigenvalue weighted by Gasteiger charge is 2.40. The number of anilines is 1. The van der Waals surface area contributed by atoms with Gasteiger partial charge >= 0.3 is 5.97 Å². The van der Waals surface area contributed by atoms with Gasteiger partial charge in [-0.2, -0.15) is 0 Å². The average molecular weight is 426 g/mol. The second kappa shape index (κ2) is 10.2. The summed E-state index contributed by atoms with van der Waals surface area (Å²) >= 11 is 1.16. The Hall–Kier alpha value is -2.90. The fourth-order valence-corrected chi connectivity index (χ4v) is 3.88. The summed E-state index contributed by atoms with van der Waals surface area (Å²) in [6.45, 7) is 2.26. The van der Waals surface area contributed by atoms with Gasteiger partial charge in [0, 0.05) is 5.75 Å². The van der Waals surface area contributed by atoms with Crippen molar-refractivity contribution in [3.8, 4) is 0 Å². The molecule has 0 aliphatic carbocycles. The number of imide groups is 1. The maximum atomic E-state index is 13.2. The third kappa shape index (κ3) is 4.63. The highest BCUT2D eigenvalue weighted by molar-refractivity contribution is 8.04. The molecule has 0 unspecified atom stereocenters. The number of unbranched alkanes of at least 4 members (excludes halogenated alkanes) is 1. The van der Waals surface area contributed by atoms with Gasteiger partial charge in [0.2, 0.25) is 0 Å². The summed E-state index contributed by atoms with van der Waals surface area (Å²) in [5, 5.41) is 9.18. The summed E-state index contributed by atoms with van der Waals surface area (Å²) < 4.78 is 5.19. The molecule has 1 aliphatic heterocycles. The van der Waals surface area contributed by atoms with E-state index in [9.17, 15) is 19.5 Å². The van der Waals surface area contributed by atoms with E-state index in [1.807, 2.05) is 13.0 Å². The maximum absolute atomic E-state index is 13.2. The van der Waals surface area contributed by atoms with E-state index >= 15 is 0 Å². The molecule has 30 heavy (non-hydrogen) atoms. The van der Waals surface area contributed by atoms with Crippen molar-refractivity contribution < 1.29 is 24.2 Å². The van der Waals surface area contributed by atoms with Gasteiger partial charge in [-0.1, -0.05) is 43.7 Å². The molecule has 3 rings (SSSR count). The van der Waals surface area contributed by atoms with E-state index in [4.69, 9.17) is 4.74 Å². The van der Waals surface area contributed by atoms with Crippen LogP contribution >= 0.6 is 11.8 Å². The van der Waals surface area contributed by atoms with E-state index in [1.165, 1.54) is 0 Å². The van der Waals surface area contributed by atoms with Gasteiger partial charge in [-0.3, -0.25) is 9.59 Å². The summed E-state index contributed by atoms with van der Waals surface area (Å²) in [7, 11) is 0. The van der Waals surface area contributed by atoms with Crippen molar-refractivity contribution in [2.45, 2.75) is 19.8 Å². The Bertz CT molecular complexity index is 953. The van der Waals surface area contributed by atoms with Crippen LogP contribution in [0, 0.1) is 0 Å². The van der Waals surface area contributed by atoms with Gasteiger partial charge in [0.05, 0.1) is 34.9 Å². The van der Waals surface area contributed by atoms with Crippen LogP contribution in [0.5, 0.6) is 0 Å². The molecule has 156 valence electrons. The lowest BCUT2D eigenvalue weighted by Gasteiger charge is -2.15. The fraction of sp³-hybridized carbons (Fsp3) is 0.261. The Morgan fingerprint density at radius 1 is 1.03 bits per heavy atom. The SMILES string of the molecule is CCCCOC(=O)c1ccc(N2C(=O)C(SCCO)=C(c3ccccc3)C2=O)cc1. The minimum Gasteiger partial charge on any atom is -0.462 e. The number of ether oxygens (including phenoxy) is 1. The number of carbonyl (C=O) groups excluding carboxylic acids is 3. The van der Waals surface area contributed by atoms with Crippen LogP contribution in [0.1, 0.15) is 35.7 Å². The zero-order chi connectivity index (χ0) is 21.5. The van der Waals surface area contributed by atoms with Gasteiger partial charge in [-0.25, -0.2) is 9.69 Å². The molecule has 2 aromatic carbocycles. The largest absolute Gasteiger partial charge is 0.462 e. The van der Waals surface area contributed by atoms with Crippen LogP contribution in [-0.2, 0) is 14.3 Å². The van der Waals surface area contributed by atoms with Crippen LogP contribution in [0.2, 0.25) is 0 Å². The van der Waals surface area contributed by atoms with Gasteiger partial charge in [-0.05, 0) is 36.2 Å². The molecule has 2 aromatic rings. The van der Waals surface area contributed by atoms with E-state index in [-0.39, 0.29) is 6.61 Å². The molecule has 0 saturated heterocycles. The zero-order valence-electron chi connectivity index (χ0n) is 16.7. The number of benzene rings is 2. The topological polar surface area (TPSA) is 83.9 Å². The van der Waals surface area contributed by atoms with Crippen molar-refractivity contribution in [1.29, 1.82) is 0 Å².